The average Bonchev–Trinajstić information content (AvgIpc) is 2.30. The normalized spacial score (nSPS) is 11.7. The summed E-state index contributed by atoms with van der Waals surface area (Å²) < 4.78 is 49.1. The van der Waals surface area contributed by atoms with Gasteiger partial charge in [0.2, 0.25) is 0 Å². The van der Waals surface area contributed by atoms with Crippen LogP contribution in [0.2, 0.25) is 10.0 Å². The number of hydrogen-bond acceptors (Lipinski definition) is 2. The zero-order valence-corrected chi connectivity index (χ0v) is 10.7. The molecule has 3 nitrogen and oxygen atoms in total. The molecule has 19 heavy (non-hydrogen) atoms. The lowest BCUT2D eigenvalue weighted by Gasteiger charge is -2.16. The fourth-order valence-corrected chi connectivity index (χ4v) is 1.57. The molecule has 0 saturated carbocycles. The van der Waals surface area contributed by atoms with E-state index in [-0.39, 0.29) is 21.3 Å². The summed E-state index contributed by atoms with van der Waals surface area (Å²) in [6.45, 7) is -1.52. The molecule has 0 radical (unpaired) electrons. The van der Waals surface area contributed by atoms with Crippen molar-refractivity contribution in [3.05, 3.63) is 27.7 Å². The Morgan fingerprint density at radius 1 is 1.37 bits per heavy atom. The highest BCUT2D eigenvalue weighted by molar-refractivity contribution is 6.44. The number of nitrogens with one attached hydrogen (secondary N) is 1. The maximum Gasteiger partial charge on any atom is 0.324 e. The number of rotatable bonds is 4. The van der Waals surface area contributed by atoms with Gasteiger partial charge in [-0.2, -0.15) is 8.78 Å². The first-order valence-corrected chi connectivity index (χ1v) is 5.59. The van der Waals surface area contributed by atoms with Crippen LogP contribution in [0.4, 0.5) is 23.2 Å². The van der Waals surface area contributed by atoms with Crippen LogP contribution in [0.3, 0.4) is 0 Å². The summed E-state index contributed by atoms with van der Waals surface area (Å²) in [5.41, 5.74) is 5.22. The van der Waals surface area contributed by atoms with Crippen LogP contribution in [-0.4, -0.2) is 24.8 Å². The average molecular weight is 319 g/mol. The molecule has 0 saturated heterocycles. The largest absolute Gasteiger partial charge is 0.399 e. The molecule has 0 fully saturated rings. The van der Waals surface area contributed by atoms with Crippen LogP contribution in [0, 0.1) is 0 Å². The monoisotopic (exact) mass is 318 g/mol. The zero-order valence-electron chi connectivity index (χ0n) is 9.19. The maximum atomic E-state index is 12.6. The van der Waals surface area contributed by atoms with Crippen LogP contribution >= 0.6 is 23.2 Å². The topological polar surface area (TPSA) is 55.1 Å². The van der Waals surface area contributed by atoms with E-state index in [0.29, 0.717) is 0 Å². The van der Waals surface area contributed by atoms with E-state index in [9.17, 15) is 22.4 Å². The van der Waals surface area contributed by atoms with Crippen molar-refractivity contribution in [2.75, 3.05) is 12.3 Å². The molecular formula is C10H8Cl2F4N2O. The molecule has 0 aliphatic rings. The van der Waals surface area contributed by atoms with Crippen LogP contribution in [0.5, 0.6) is 0 Å². The minimum absolute atomic E-state index is 0.0487. The lowest BCUT2D eigenvalue weighted by atomic mass is 10.2. The second-order valence-corrected chi connectivity index (χ2v) is 4.39. The number of amides is 1. The van der Waals surface area contributed by atoms with Crippen molar-refractivity contribution in [2.45, 2.75) is 12.3 Å². The lowest BCUT2D eigenvalue weighted by Crippen LogP contribution is -2.41. The number of nitrogen functional groups attached to an aromatic ring is 1. The van der Waals surface area contributed by atoms with Gasteiger partial charge in [-0.15, -0.1) is 0 Å². The number of anilines is 1. The smallest absolute Gasteiger partial charge is 0.324 e. The van der Waals surface area contributed by atoms with Crippen molar-refractivity contribution in [3.8, 4) is 0 Å². The van der Waals surface area contributed by atoms with E-state index in [1.165, 1.54) is 6.07 Å². The van der Waals surface area contributed by atoms with Crippen molar-refractivity contribution in [3.63, 3.8) is 0 Å². The van der Waals surface area contributed by atoms with Crippen LogP contribution < -0.4 is 11.1 Å². The Balaban J connectivity index is 2.86. The van der Waals surface area contributed by atoms with Crippen molar-refractivity contribution < 1.29 is 22.4 Å². The molecule has 0 aliphatic heterocycles. The molecular weight excluding hydrogens is 311 g/mol. The van der Waals surface area contributed by atoms with E-state index in [1.807, 2.05) is 0 Å². The molecule has 1 amide bonds. The van der Waals surface area contributed by atoms with Crippen LogP contribution in [0.15, 0.2) is 12.1 Å². The number of nitrogens with two attached hydrogens (primary N) is 1. The van der Waals surface area contributed by atoms with Gasteiger partial charge in [0.25, 0.3) is 5.91 Å². The molecule has 0 unspecified atom stereocenters. The Morgan fingerprint density at radius 3 is 2.47 bits per heavy atom. The highest BCUT2D eigenvalue weighted by atomic mass is 35.5. The fraction of sp³-hybridized carbons (Fsp3) is 0.300. The van der Waals surface area contributed by atoms with Gasteiger partial charge in [-0.1, -0.05) is 23.2 Å². The van der Waals surface area contributed by atoms with Crippen molar-refractivity contribution in [1.29, 1.82) is 0 Å². The minimum atomic E-state index is -4.33. The van der Waals surface area contributed by atoms with Gasteiger partial charge in [0.05, 0.1) is 22.2 Å². The Bertz CT molecular complexity index is 497. The second kappa shape index (κ2) is 5.83. The zero-order chi connectivity index (χ0) is 14.8. The van der Waals surface area contributed by atoms with Crippen molar-refractivity contribution in [1.82, 2.24) is 5.32 Å². The number of hydrogen-bond donors (Lipinski definition) is 2. The molecule has 9 heteroatoms. The number of alkyl halides is 4. The fourth-order valence-electron chi connectivity index (χ4n) is 1.15. The molecule has 0 bridgehead atoms. The molecule has 1 aromatic carbocycles. The summed E-state index contributed by atoms with van der Waals surface area (Å²) in [4.78, 5) is 11.6. The number of halogens is 6. The summed E-state index contributed by atoms with van der Waals surface area (Å²) in [5.74, 6) is -5.40. The van der Waals surface area contributed by atoms with Gasteiger partial charge in [-0.05, 0) is 12.1 Å². The van der Waals surface area contributed by atoms with Crippen molar-refractivity contribution in [2.24, 2.45) is 0 Å². The third-order valence-corrected chi connectivity index (χ3v) is 2.90. The lowest BCUT2D eigenvalue weighted by molar-refractivity contribution is -0.123. The first kappa shape index (κ1) is 15.8. The molecule has 106 valence electrons. The van der Waals surface area contributed by atoms with Gasteiger partial charge < -0.3 is 11.1 Å². The Labute approximate surface area is 115 Å². The third kappa shape index (κ3) is 3.87. The Hall–Kier alpha value is -1.21. The molecule has 1 rings (SSSR count). The molecule has 0 atom stereocenters. The molecule has 0 aromatic heterocycles. The first-order valence-electron chi connectivity index (χ1n) is 4.84. The minimum Gasteiger partial charge on any atom is -0.399 e. The molecule has 1 aromatic rings. The standard InChI is InChI=1S/C10H8Cl2F4N2O/c11-6-2-4(17)1-5(7(6)12)8(19)18-3-10(15,16)9(13)14/h1-2,9H,3,17H2,(H,18,19). The highest BCUT2D eigenvalue weighted by Crippen LogP contribution is 2.29. The van der Waals surface area contributed by atoms with E-state index in [0.717, 1.165) is 6.07 Å². The van der Waals surface area contributed by atoms with Gasteiger partial charge in [0.1, 0.15) is 0 Å². The summed E-state index contributed by atoms with van der Waals surface area (Å²) in [6, 6.07) is 2.36. The van der Waals surface area contributed by atoms with E-state index in [1.54, 1.807) is 5.32 Å². The maximum absolute atomic E-state index is 12.6. The summed E-state index contributed by atoms with van der Waals surface area (Å²) >= 11 is 11.3. The quantitative estimate of drug-likeness (QED) is 0.661. The third-order valence-electron chi connectivity index (χ3n) is 2.10. The van der Waals surface area contributed by atoms with Gasteiger partial charge in [0.15, 0.2) is 0 Å². The SMILES string of the molecule is Nc1cc(Cl)c(Cl)c(C(=O)NCC(F)(F)C(F)F)c1. The summed E-state index contributed by atoms with van der Waals surface area (Å²) in [5, 5.41) is 1.40. The van der Waals surface area contributed by atoms with E-state index >= 15 is 0 Å². The van der Waals surface area contributed by atoms with Gasteiger partial charge in [0, 0.05) is 5.69 Å². The number of benzene rings is 1. The van der Waals surface area contributed by atoms with Gasteiger partial charge in [-0.25, -0.2) is 8.78 Å². The van der Waals surface area contributed by atoms with E-state index < -0.39 is 24.8 Å². The number of carbonyl (C=O) groups is 1. The highest BCUT2D eigenvalue weighted by Gasteiger charge is 2.41. The van der Waals surface area contributed by atoms with Crippen LogP contribution in [-0.2, 0) is 0 Å². The van der Waals surface area contributed by atoms with Gasteiger partial charge in [-0.3, -0.25) is 4.79 Å². The Kier molecular flexibility index (Phi) is 4.86. The molecule has 0 spiro atoms. The van der Waals surface area contributed by atoms with Crippen molar-refractivity contribution >= 4 is 34.8 Å². The summed E-state index contributed by atoms with van der Waals surface area (Å²) in [7, 11) is 0. The number of carbonyl (C=O) groups excluding carboxylic acids is 1. The van der Waals surface area contributed by atoms with Gasteiger partial charge >= 0.3 is 12.3 Å². The van der Waals surface area contributed by atoms with Crippen LogP contribution in [0.25, 0.3) is 0 Å². The predicted octanol–water partition coefficient (Wildman–Crippen LogP) is 3.21. The first-order chi connectivity index (χ1) is 8.65. The molecule has 0 aliphatic carbocycles. The van der Waals surface area contributed by atoms with E-state index in [2.05, 4.69) is 0 Å². The van der Waals surface area contributed by atoms with Crippen LogP contribution in [0.1, 0.15) is 10.4 Å². The second-order valence-electron chi connectivity index (χ2n) is 3.61. The Morgan fingerprint density at radius 2 is 1.95 bits per heavy atom. The molecule has 0 heterocycles. The van der Waals surface area contributed by atoms with E-state index in [4.69, 9.17) is 28.9 Å². The molecule has 3 N–H and O–H groups in total. The predicted molar refractivity (Wildman–Crippen MR) is 64.2 cm³/mol. The summed E-state index contributed by atoms with van der Waals surface area (Å²) in [6.07, 6.45) is -3.88.